The molecule has 1 aliphatic carbocycles. The number of hydrogen-bond donors (Lipinski definition) is 0. The fourth-order valence-corrected chi connectivity index (χ4v) is 5.91. The van der Waals surface area contributed by atoms with Crippen LogP contribution in [0.3, 0.4) is 0 Å². The Morgan fingerprint density at radius 1 is 1.21 bits per heavy atom. The predicted octanol–water partition coefficient (Wildman–Crippen LogP) is 6.53. The highest BCUT2D eigenvalue weighted by molar-refractivity contribution is 9.10. The van der Waals surface area contributed by atoms with Gasteiger partial charge in [0.25, 0.3) is 0 Å². The molecule has 1 saturated carbocycles. The normalized spacial score (nSPS) is 27.5. The van der Waals surface area contributed by atoms with E-state index in [4.69, 9.17) is 13.9 Å². The second-order valence-electron chi connectivity index (χ2n) is 9.73. The molecule has 6 heteroatoms. The summed E-state index contributed by atoms with van der Waals surface area (Å²) >= 11 is 3.52. The first kappa shape index (κ1) is 22.6. The van der Waals surface area contributed by atoms with Gasteiger partial charge in [-0.15, -0.1) is 0 Å². The van der Waals surface area contributed by atoms with Crippen LogP contribution < -0.4 is 0 Å². The molecule has 0 radical (unpaired) electrons. The highest BCUT2D eigenvalue weighted by Gasteiger charge is 2.56. The van der Waals surface area contributed by atoms with Crippen LogP contribution in [0.5, 0.6) is 0 Å². The van der Waals surface area contributed by atoms with E-state index in [1.54, 1.807) is 0 Å². The molecule has 0 aromatic heterocycles. The molecule has 0 bridgehead atoms. The lowest BCUT2D eigenvalue weighted by Gasteiger charge is -2.53. The lowest BCUT2D eigenvalue weighted by atomic mass is 9.71. The maximum Gasteiger partial charge on any atom is 0.373 e. The molecule has 2 aliphatic rings. The second kappa shape index (κ2) is 8.20. The van der Waals surface area contributed by atoms with Crippen LogP contribution in [0, 0.1) is 5.92 Å². The van der Waals surface area contributed by atoms with E-state index in [1.165, 1.54) is 12.7 Å². The molecule has 0 amide bonds. The molecule has 0 N–H and O–H groups in total. The van der Waals surface area contributed by atoms with Gasteiger partial charge in [0.15, 0.2) is 8.32 Å². The van der Waals surface area contributed by atoms with Gasteiger partial charge in [0.2, 0.25) is 11.5 Å². The van der Waals surface area contributed by atoms with E-state index < -0.39 is 20.1 Å². The number of methoxy groups -OCH3 is 1. The largest absolute Gasteiger partial charge is 0.463 e. The summed E-state index contributed by atoms with van der Waals surface area (Å²) in [5.41, 5.74) is 1.17. The van der Waals surface area contributed by atoms with Gasteiger partial charge in [-0.2, -0.15) is 0 Å². The number of carbonyl (C=O) groups excluding carboxylic acids is 1. The Morgan fingerprint density at radius 2 is 1.86 bits per heavy atom. The third-order valence-corrected chi connectivity index (χ3v) is 11.8. The van der Waals surface area contributed by atoms with Gasteiger partial charge in [-0.25, -0.2) is 4.79 Å². The Balaban J connectivity index is 2.09. The molecular weight excluding hydrogens is 448 g/mol. The minimum atomic E-state index is -2.14. The SMILES string of the molecule is COC(=O)C1=C[C@H](c2ccc(Br)cc2)[C@@H]2CCCC[C@]2(O[Si](C)(C)C(C)(C)C)O1. The number of hydrogen-bond acceptors (Lipinski definition) is 4. The molecule has 1 aromatic rings. The van der Waals surface area contributed by atoms with Crippen LogP contribution in [0.25, 0.3) is 0 Å². The quantitative estimate of drug-likeness (QED) is 0.362. The highest BCUT2D eigenvalue weighted by atomic mass is 79.9. The van der Waals surface area contributed by atoms with Crippen LogP contribution in [-0.4, -0.2) is 27.2 Å². The number of allylic oxidation sites excluding steroid dienone is 1. The highest BCUT2D eigenvalue weighted by Crippen LogP contribution is 2.53. The summed E-state index contributed by atoms with van der Waals surface area (Å²) < 4.78 is 19.5. The van der Waals surface area contributed by atoms with Crippen LogP contribution in [0.4, 0.5) is 0 Å². The van der Waals surface area contributed by atoms with Crippen LogP contribution in [0.15, 0.2) is 40.6 Å². The lowest BCUT2D eigenvalue weighted by Crippen LogP contribution is -2.58. The molecular formula is C23H33BrO4Si. The van der Waals surface area contributed by atoms with E-state index in [2.05, 4.69) is 74.1 Å². The Labute approximate surface area is 184 Å². The van der Waals surface area contributed by atoms with Crippen molar-refractivity contribution < 1.29 is 18.7 Å². The maximum absolute atomic E-state index is 12.5. The van der Waals surface area contributed by atoms with E-state index in [0.717, 1.165) is 30.2 Å². The van der Waals surface area contributed by atoms with E-state index in [1.807, 2.05) is 6.08 Å². The van der Waals surface area contributed by atoms with Crippen molar-refractivity contribution in [2.45, 2.75) is 76.3 Å². The Morgan fingerprint density at radius 3 is 2.45 bits per heavy atom. The first-order chi connectivity index (χ1) is 13.5. The average Bonchev–Trinajstić information content (AvgIpc) is 2.65. The number of rotatable bonds is 4. The van der Waals surface area contributed by atoms with Gasteiger partial charge in [0.1, 0.15) is 0 Å². The first-order valence-corrected chi connectivity index (χ1v) is 14.1. The molecule has 1 aliphatic heterocycles. The fourth-order valence-electron chi connectivity index (χ4n) is 4.18. The van der Waals surface area contributed by atoms with Gasteiger partial charge in [-0.3, -0.25) is 0 Å². The lowest BCUT2D eigenvalue weighted by molar-refractivity contribution is -0.232. The number of carbonyl (C=O) groups is 1. The molecule has 160 valence electrons. The van der Waals surface area contributed by atoms with Crippen molar-refractivity contribution >= 4 is 30.2 Å². The summed E-state index contributed by atoms with van der Waals surface area (Å²) in [6.07, 6.45) is 5.93. The Bertz CT molecular complexity index is 781. The topological polar surface area (TPSA) is 44.8 Å². The molecule has 0 unspecified atom stereocenters. The molecule has 4 nitrogen and oxygen atoms in total. The molecule has 0 saturated heterocycles. The van der Waals surface area contributed by atoms with E-state index in [-0.39, 0.29) is 22.6 Å². The zero-order chi connectivity index (χ0) is 21.4. The molecule has 3 atom stereocenters. The van der Waals surface area contributed by atoms with Crippen molar-refractivity contribution in [2.24, 2.45) is 5.92 Å². The van der Waals surface area contributed by atoms with Gasteiger partial charge < -0.3 is 13.9 Å². The Kier molecular flexibility index (Phi) is 6.38. The summed E-state index contributed by atoms with van der Waals surface area (Å²) in [6.45, 7) is 11.2. The summed E-state index contributed by atoms with van der Waals surface area (Å²) in [7, 11) is -0.737. The van der Waals surface area contributed by atoms with Crippen LogP contribution in [0.1, 0.15) is 57.9 Å². The predicted molar refractivity (Wildman–Crippen MR) is 121 cm³/mol. The van der Waals surface area contributed by atoms with Gasteiger partial charge in [-0.1, -0.05) is 55.3 Å². The first-order valence-electron chi connectivity index (χ1n) is 10.4. The number of fused-ring (bicyclic) bond motifs is 1. The van der Waals surface area contributed by atoms with Crippen molar-refractivity contribution in [3.05, 3.63) is 46.1 Å². The minimum Gasteiger partial charge on any atom is -0.463 e. The minimum absolute atomic E-state index is 0.0484. The number of esters is 1. The number of halogens is 1. The summed E-state index contributed by atoms with van der Waals surface area (Å²) in [6, 6.07) is 8.35. The smallest absolute Gasteiger partial charge is 0.373 e. The molecule has 1 heterocycles. The van der Waals surface area contributed by atoms with Crippen LogP contribution in [0.2, 0.25) is 18.1 Å². The molecule has 3 rings (SSSR count). The summed E-state index contributed by atoms with van der Waals surface area (Å²) in [5, 5.41) is 0.0484. The molecule has 29 heavy (non-hydrogen) atoms. The van der Waals surface area contributed by atoms with Gasteiger partial charge in [0, 0.05) is 22.7 Å². The van der Waals surface area contributed by atoms with Crippen molar-refractivity contribution in [3.8, 4) is 0 Å². The van der Waals surface area contributed by atoms with Crippen molar-refractivity contribution in [2.75, 3.05) is 7.11 Å². The van der Waals surface area contributed by atoms with Gasteiger partial charge in [0.05, 0.1) is 7.11 Å². The number of benzene rings is 1. The summed E-state index contributed by atoms with van der Waals surface area (Å²) in [4.78, 5) is 12.5. The van der Waals surface area contributed by atoms with Crippen LogP contribution in [-0.2, 0) is 18.7 Å². The van der Waals surface area contributed by atoms with Gasteiger partial charge in [-0.05, 0) is 54.7 Å². The van der Waals surface area contributed by atoms with Gasteiger partial charge >= 0.3 is 5.97 Å². The third kappa shape index (κ3) is 4.49. The number of ether oxygens (including phenoxy) is 2. The van der Waals surface area contributed by atoms with Crippen molar-refractivity contribution in [1.29, 1.82) is 0 Å². The third-order valence-electron chi connectivity index (χ3n) is 6.78. The average molecular weight is 482 g/mol. The van der Waals surface area contributed by atoms with E-state index >= 15 is 0 Å². The van der Waals surface area contributed by atoms with Crippen molar-refractivity contribution in [3.63, 3.8) is 0 Å². The van der Waals surface area contributed by atoms with Crippen molar-refractivity contribution in [1.82, 2.24) is 0 Å². The zero-order valence-electron chi connectivity index (χ0n) is 18.4. The van der Waals surface area contributed by atoms with E-state index in [9.17, 15) is 4.79 Å². The second-order valence-corrected chi connectivity index (χ2v) is 15.4. The van der Waals surface area contributed by atoms with E-state index in [0.29, 0.717) is 0 Å². The fraction of sp³-hybridized carbons (Fsp3) is 0.609. The molecule has 1 fully saturated rings. The Hall–Kier alpha value is -1.11. The summed E-state index contributed by atoms with van der Waals surface area (Å²) in [5.74, 6) is -0.723. The molecule has 1 aromatic carbocycles. The standard InChI is InChI=1S/C23H33BrO4Si/c1-22(2,3)29(5,6)28-23-14-8-7-9-19(23)18(15-20(27-23)21(25)26-4)16-10-12-17(24)13-11-16/h10-13,15,18-19H,7-9,14H2,1-6H3/t18-,19+,23-/m1/s1. The maximum atomic E-state index is 12.5. The zero-order valence-corrected chi connectivity index (χ0v) is 21.0. The van der Waals surface area contributed by atoms with Crippen LogP contribution >= 0.6 is 15.9 Å². The monoisotopic (exact) mass is 480 g/mol. The molecule has 0 spiro atoms.